The van der Waals surface area contributed by atoms with Crippen molar-refractivity contribution < 1.29 is 14.3 Å². The largest absolute Gasteiger partial charge is 0.487 e. The molecule has 2 aromatic carbocycles. The summed E-state index contributed by atoms with van der Waals surface area (Å²) in [5, 5.41) is 1.13. The van der Waals surface area contributed by atoms with E-state index < -0.39 is 5.60 Å². The van der Waals surface area contributed by atoms with Gasteiger partial charge >= 0.3 is 5.97 Å². The van der Waals surface area contributed by atoms with Crippen molar-refractivity contribution in [3.63, 3.8) is 0 Å². The second kappa shape index (κ2) is 12.0. The molecule has 1 heterocycles. The Hall–Kier alpha value is -2.88. The maximum Gasteiger partial charge on any atom is 0.303 e. The van der Waals surface area contributed by atoms with E-state index in [1.165, 1.54) is 51.9 Å². The van der Waals surface area contributed by atoms with Gasteiger partial charge in [0.2, 0.25) is 0 Å². The van der Waals surface area contributed by atoms with Gasteiger partial charge in [0, 0.05) is 12.3 Å². The molecule has 0 unspecified atom stereocenters. The number of hydrogen-bond acceptors (Lipinski definition) is 4. The molecule has 0 bridgehead atoms. The van der Waals surface area contributed by atoms with Gasteiger partial charge in [0.15, 0.2) is 0 Å². The van der Waals surface area contributed by atoms with Crippen LogP contribution in [0.15, 0.2) is 60.7 Å². The molecule has 0 aliphatic heterocycles. The van der Waals surface area contributed by atoms with Crippen LogP contribution in [0.25, 0.3) is 10.9 Å². The number of hydrogen-bond donors (Lipinski definition) is 0. The molecular weight excluding hydrogens is 422 g/mol. The maximum absolute atomic E-state index is 12.1. The topological polar surface area (TPSA) is 48.4 Å². The van der Waals surface area contributed by atoms with Crippen LogP contribution in [-0.2, 0) is 21.7 Å². The van der Waals surface area contributed by atoms with Gasteiger partial charge in [0.05, 0.1) is 11.2 Å². The summed E-state index contributed by atoms with van der Waals surface area (Å²) in [6, 6.07) is 20.4. The first-order valence-corrected chi connectivity index (χ1v) is 12.9. The van der Waals surface area contributed by atoms with Crippen molar-refractivity contribution in [1.82, 2.24) is 4.98 Å². The first-order chi connectivity index (χ1) is 16.6. The number of para-hydroxylation sites is 1. The van der Waals surface area contributed by atoms with E-state index in [1.807, 2.05) is 36.4 Å². The number of benzene rings is 2. The van der Waals surface area contributed by atoms with E-state index >= 15 is 0 Å². The van der Waals surface area contributed by atoms with Gasteiger partial charge in [-0.25, -0.2) is 4.98 Å². The second-order valence-corrected chi connectivity index (χ2v) is 9.58. The predicted octanol–water partition coefficient (Wildman–Crippen LogP) is 7.88. The molecule has 1 fully saturated rings. The van der Waals surface area contributed by atoms with Crippen LogP contribution in [0.4, 0.5) is 0 Å². The Morgan fingerprint density at radius 1 is 0.794 bits per heavy atom. The van der Waals surface area contributed by atoms with E-state index in [0.717, 1.165) is 53.6 Å². The normalized spacial score (nSPS) is 17.3. The maximum atomic E-state index is 12.1. The number of esters is 1. The van der Waals surface area contributed by atoms with Gasteiger partial charge in [0.1, 0.15) is 18.0 Å². The Bertz CT molecular complexity index is 1050. The minimum Gasteiger partial charge on any atom is -0.487 e. The number of nitrogens with zero attached hydrogens (tertiary/aromatic N) is 1. The van der Waals surface area contributed by atoms with Crippen molar-refractivity contribution in [2.75, 3.05) is 0 Å². The fourth-order valence-electron chi connectivity index (χ4n) is 5.11. The Morgan fingerprint density at radius 2 is 1.41 bits per heavy atom. The fourth-order valence-corrected chi connectivity index (χ4v) is 5.11. The van der Waals surface area contributed by atoms with Gasteiger partial charge in [-0.3, -0.25) is 4.79 Å². The summed E-state index contributed by atoms with van der Waals surface area (Å²) in [7, 11) is 0. The van der Waals surface area contributed by atoms with Gasteiger partial charge in [-0.1, -0.05) is 81.3 Å². The van der Waals surface area contributed by atoms with Gasteiger partial charge in [-0.2, -0.15) is 0 Å². The smallest absolute Gasteiger partial charge is 0.303 e. The molecule has 3 aromatic rings. The SMILES string of the molecule is CC(=O)OC1(c2ccc(OCc3ccc4ccccc4n3)cc2)CCCCCCCCCCC1. The van der Waals surface area contributed by atoms with E-state index in [9.17, 15) is 4.79 Å². The quantitative estimate of drug-likeness (QED) is 0.364. The molecule has 1 saturated carbocycles. The van der Waals surface area contributed by atoms with Gasteiger partial charge in [-0.05, 0) is 55.5 Å². The van der Waals surface area contributed by atoms with Crippen LogP contribution in [0.5, 0.6) is 5.75 Å². The number of carbonyl (C=O) groups is 1. The van der Waals surface area contributed by atoms with Crippen LogP contribution in [0.2, 0.25) is 0 Å². The molecule has 0 amide bonds. The molecule has 0 N–H and O–H groups in total. The summed E-state index contributed by atoms with van der Waals surface area (Å²) < 4.78 is 12.1. The minimum absolute atomic E-state index is 0.199. The van der Waals surface area contributed by atoms with E-state index in [0.29, 0.717) is 6.61 Å². The molecule has 0 atom stereocenters. The first-order valence-electron chi connectivity index (χ1n) is 12.9. The molecule has 1 aliphatic carbocycles. The average molecular weight is 460 g/mol. The van der Waals surface area contributed by atoms with Crippen molar-refractivity contribution in [1.29, 1.82) is 0 Å². The van der Waals surface area contributed by atoms with E-state index in [4.69, 9.17) is 14.5 Å². The van der Waals surface area contributed by atoms with Crippen molar-refractivity contribution in [2.45, 2.75) is 89.8 Å². The Morgan fingerprint density at radius 3 is 2.06 bits per heavy atom. The zero-order valence-corrected chi connectivity index (χ0v) is 20.4. The lowest BCUT2D eigenvalue weighted by Gasteiger charge is -2.34. The van der Waals surface area contributed by atoms with Crippen LogP contribution >= 0.6 is 0 Å². The van der Waals surface area contributed by atoms with Crippen LogP contribution in [0, 0.1) is 0 Å². The average Bonchev–Trinajstić information content (AvgIpc) is 2.84. The Balaban J connectivity index is 1.47. The molecule has 1 aromatic heterocycles. The zero-order valence-electron chi connectivity index (χ0n) is 20.4. The first kappa shape index (κ1) is 24.3. The number of pyridine rings is 1. The summed E-state index contributed by atoms with van der Waals surface area (Å²) in [6.45, 7) is 1.95. The third kappa shape index (κ3) is 6.59. The van der Waals surface area contributed by atoms with Crippen LogP contribution < -0.4 is 4.74 Å². The van der Waals surface area contributed by atoms with Crippen molar-refractivity contribution in [3.8, 4) is 5.75 Å². The molecule has 0 spiro atoms. The van der Waals surface area contributed by atoms with Crippen molar-refractivity contribution in [3.05, 3.63) is 71.9 Å². The second-order valence-electron chi connectivity index (χ2n) is 9.58. The fraction of sp³-hybridized carbons (Fsp3) is 0.467. The highest BCUT2D eigenvalue weighted by Gasteiger charge is 2.34. The van der Waals surface area contributed by atoms with Crippen LogP contribution in [-0.4, -0.2) is 11.0 Å². The lowest BCUT2D eigenvalue weighted by Crippen LogP contribution is -2.32. The highest BCUT2D eigenvalue weighted by Crippen LogP contribution is 2.38. The van der Waals surface area contributed by atoms with E-state index in [2.05, 4.69) is 24.3 Å². The lowest BCUT2D eigenvalue weighted by molar-refractivity contribution is -0.160. The molecule has 4 heteroatoms. The standard InChI is InChI=1S/C30H37NO3/c1-24(32)34-30(21-11-7-5-3-2-4-6-8-12-22-30)26-16-19-28(20-17-26)33-23-27-18-15-25-13-9-10-14-29(25)31-27/h9-10,13-20H,2-8,11-12,21-23H2,1H3. The molecule has 34 heavy (non-hydrogen) atoms. The lowest BCUT2D eigenvalue weighted by atomic mass is 9.82. The zero-order chi connectivity index (χ0) is 23.6. The van der Waals surface area contributed by atoms with Crippen LogP contribution in [0.3, 0.4) is 0 Å². The van der Waals surface area contributed by atoms with Gasteiger partial charge < -0.3 is 9.47 Å². The predicted molar refractivity (Wildman–Crippen MR) is 137 cm³/mol. The summed E-state index contributed by atoms with van der Waals surface area (Å²) in [5.74, 6) is 0.597. The highest BCUT2D eigenvalue weighted by molar-refractivity contribution is 5.78. The Labute approximate surface area is 203 Å². The van der Waals surface area contributed by atoms with Crippen molar-refractivity contribution in [2.24, 2.45) is 0 Å². The molecular formula is C30H37NO3. The third-order valence-electron chi connectivity index (χ3n) is 6.92. The highest BCUT2D eigenvalue weighted by atomic mass is 16.6. The summed E-state index contributed by atoms with van der Waals surface area (Å²) in [6.07, 6.45) is 12.9. The van der Waals surface area contributed by atoms with Crippen LogP contribution in [0.1, 0.15) is 88.8 Å². The van der Waals surface area contributed by atoms with Gasteiger partial charge in [0.25, 0.3) is 0 Å². The molecule has 4 rings (SSSR count). The number of ether oxygens (including phenoxy) is 2. The number of rotatable bonds is 5. The number of aromatic nitrogens is 1. The summed E-state index contributed by atoms with van der Waals surface area (Å²) >= 11 is 0. The monoisotopic (exact) mass is 459 g/mol. The minimum atomic E-state index is -0.538. The molecule has 1 aliphatic rings. The third-order valence-corrected chi connectivity index (χ3v) is 6.92. The van der Waals surface area contributed by atoms with Gasteiger partial charge in [-0.15, -0.1) is 0 Å². The number of fused-ring (bicyclic) bond motifs is 1. The van der Waals surface area contributed by atoms with E-state index in [1.54, 1.807) is 0 Å². The Kier molecular flexibility index (Phi) is 8.56. The molecule has 4 nitrogen and oxygen atoms in total. The molecule has 0 radical (unpaired) electrons. The van der Waals surface area contributed by atoms with Crippen molar-refractivity contribution >= 4 is 16.9 Å². The number of carbonyl (C=O) groups excluding carboxylic acids is 1. The molecule has 180 valence electrons. The summed E-state index contributed by atoms with van der Waals surface area (Å²) in [5.41, 5.74) is 2.42. The summed E-state index contributed by atoms with van der Waals surface area (Å²) in [4.78, 5) is 16.8. The van der Waals surface area contributed by atoms with E-state index in [-0.39, 0.29) is 5.97 Å². The molecule has 0 saturated heterocycles.